The first-order chi connectivity index (χ1) is 17.2. The average Bonchev–Trinajstić information content (AvgIpc) is 3.42. The number of halogens is 5. The van der Waals surface area contributed by atoms with Gasteiger partial charge in [-0.3, -0.25) is 0 Å². The van der Waals surface area contributed by atoms with Crippen LogP contribution in [0.2, 0.25) is 5.02 Å². The van der Waals surface area contributed by atoms with Crippen LogP contribution < -0.4 is 14.8 Å². The van der Waals surface area contributed by atoms with Gasteiger partial charge in [-0.15, -0.1) is 0 Å². The molecule has 1 aromatic heterocycles. The van der Waals surface area contributed by atoms with E-state index in [4.69, 9.17) is 35.3 Å². The van der Waals surface area contributed by atoms with Crippen LogP contribution in [0.4, 0.5) is 24.7 Å². The highest BCUT2D eigenvalue weighted by molar-refractivity contribution is 9.10. The van der Waals surface area contributed by atoms with E-state index in [9.17, 15) is 13.2 Å². The molecule has 3 aromatic rings. The lowest BCUT2D eigenvalue weighted by Crippen LogP contribution is -2.56. The largest absolute Gasteiger partial charge is 0.493 e. The summed E-state index contributed by atoms with van der Waals surface area (Å²) in [6, 6.07) is 8.70. The molecule has 8 nitrogen and oxygen atoms in total. The predicted octanol–water partition coefficient (Wildman–Crippen LogP) is 5.29. The second-order valence-corrected chi connectivity index (χ2v) is 9.54. The van der Waals surface area contributed by atoms with Crippen molar-refractivity contribution in [3.05, 3.63) is 46.2 Å². The molecule has 192 valence electrons. The van der Waals surface area contributed by atoms with Gasteiger partial charge in [0.25, 0.3) is 0 Å². The average molecular weight is 591 g/mol. The van der Waals surface area contributed by atoms with E-state index in [1.807, 2.05) is 6.07 Å². The molecule has 0 aliphatic carbocycles. The summed E-state index contributed by atoms with van der Waals surface area (Å²) in [7, 11) is 2.45. The molecule has 1 unspecified atom stereocenters. The molecule has 0 radical (unpaired) electrons. The Morgan fingerprint density at radius 2 is 1.94 bits per heavy atom. The third kappa shape index (κ3) is 4.24. The molecule has 0 bridgehead atoms. The highest BCUT2D eigenvalue weighted by Crippen LogP contribution is 2.47. The summed E-state index contributed by atoms with van der Waals surface area (Å²) in [6.45, 7) is -0.794. The lowest BCUT2D eigenvalue weighted by molar-refractivity contribution is -0.291. The molecule has 3 heterocycles. The number of nitrogens with one attached hydrogen (secondary N) is 1. The molecule has 0 amide bonds. The third-order valence-corrected chi connectivity index (χ3v) is 7.51. The van der Waals surface area contributed by atoms with E-state index in [1.165, 1.54) is 13.4 Å². The number of fused-ring (bicyclic) bond motifs is 2. The zero-order valence-corrected chi connectivity index (χ0v) is 21.3. The van der Waals surface area contributed by atoms with Crippen molar-refractivity contribution in [3.63, 3.8) is 0 Å². The van der Waals surface area contributed by atoms with E-state index in [-0.39, 0.29) is 12.4 Å². The number of aromatic nitrogens is 2. The molecule has 2 saturated heterocycles. The summed E-state index contributed by atoms with van der Waals surface area (Å²) < 4.78 is 69.4. The molecule has 1 N–H and O–H groups in total. The normalized spacial score (nSPS) is 25.7. The van der Waals surface area contributed by atoms with Gasteiger partial charge in [-0.25, -0.2) is 9.97 Å². The minimum Gasteiger partial charge on any atom is -0.493 e. The summed E-state index contributed by atoms with van der Waals surface area (Å²) in [5.41, 5.74) is -1.32. The Balaban J connectivity index is 1.43. The zero-order chi connectivity index (χ0) is 25.7. The summed E-state index contributed by atoms with van der Waals surface area (Å²) in [6.07, 6.45) is -6.43. The lowest BCUT2D eigenvalue weighted by atomic mass is 9.95. The highest BCUT2D eigenvalue weighted by Gasteiger charge is 2.70. The van der Waals surface area contributed by atoms with Crippen LogP contribution in [0.25, 0.3) is 10.9 Å². The maximum Gasteiger partial charge on any atom is 0.422 e. The van der Waals surface area contributed by atoms with Crippen molar-refractivity contribution in [2.24, 2.45) is 0 Å². The van der Waals surface area contributed by atoms with Crippen LogP contribution >= 0.6 is 27.5 Å². The minimum atomic E-state index is -4.67. The van der Waals surface area contributed by atoms with Gasteiger partial charge in [-0.1, -0.05) is 11.6 Å². The molecule has 5 rings (SSSR count). The van der Waals surface area contributed by atoms with Gasteiger partial charge in [0.1, 0.15) is 24.4 Å². The predicted molar refractivity (Wildman–Crippen MR) is 128 cm³/mol. The fourth-order valence-corrected chi connectivity index (χ4v) is 4.83. The molecule has 2 aromatic carbocycles. The quantitative estimate of drug-likeness (QED) is 0.415. The molecular formula is C23H20BrClF3N3O5. The van der Waals surface area contributed by atoms with E-state index in [0.29, 0.717) is 33.2 Å². The Morgan fingerprint density at radius 3 is 2.64 bits per heavy atom. The van der Waals surface area contributed by atoms with E-state index in [2.05, 4.69) is 31.2 Å². The molecule has 0 saturated carbocycles. The summed E-state index contributed by atoms with van der Waals surface area (Å²) in [5, 5.41) is 4.37. The van der Waals surface area contributed by atoms with E-state index >= 15 is 0 Å². The lowest BCUT2D eigenvalue weighted by Gasteiger charge is -2.32. The molecule has 2 fully saturated rings. The summed E-state index contributed by atoms with van der Waals surface area (Å²) in [5.74, 6) is 1.12. The second kappa shape index (κ2) is 9.49. The molecule has 0 spiro atoms. The number of alkyl halides is 3. The first-order valence-corrected chi connectivity index (χ1v) is 11.9. The number of rotatable bonds is 6. The van der Waals surface area contributed by atoms with Crippen LogP contribution in [0.3, 0.4) is 0 Å². The molecule has 2 aliphatic heterocycles. The van der Waals surface area contributed by atoms with Gasteiger partial charge in [-0.2, -0.15) is 13.2 Å². The van der Waals surface area contributed by atoms with Gasteiger partial charge in [0.15, 0.2) is 17.6 Å². The Hall–Kier alpha value is -2.38. The van der Waals surface area contributed by atoms with Gasteiger partial charge in [-0.05, 0) is 40.2 Å². The Bertz CT molecular complexity index is 1300. The smallest absolute Gasteiger partial charge is 0.422 e. The highest BCUT2D eigenvalue weighted by atomic mass is 79.9. The topological polar surface area (TPSA) is 84.0 Å². The van der Waals surface area contributed by atoms with Gasteiger partial charge in [0.05, 0.1) is 30.9 Å². The molecule has 2 aliphatic rings. The van der Waals surface area contributed by atoms with Gasteiger partial charge in [0.2, 0.25) is 5.60 Å². The Labute approximate surface area is 217 Å². The maximum atomic E-state index is 13.8. The standard InChI is InChI=1S/C23H20BrClF3N3O5/c1-32-16-6-12-15(29-10-30-21(12)31-11-3-4-13(24)14(25)5-11)7-17(16)36-18-8-34-20-19(18)35-9-22(20,33-2)23(26,27)28/h3-7,10,18-20H,8-9H2,1-2H3,(H,29,30,31)/t18?,19-,20+,22-/m0/s1. The van der Waals surface area contributed by atoms with Crippen LogP contribution in [0.15, 0.2) is 41.1 Å². The van der Waals surface area contributed by atoms with E-state index in [1.54, 1.807) is 24.3 Å². The Morgan fingerprint density at radius 1 is 1.14 bits per heavy atom. The molecule has 36 heavy (non-hydrogen) atoms. The van der Waals surface area contributed by atoms with E-state index in [0.717, 1.165) is 11.6 Å². The van der Waals surface area contributed by atoms with Crippen LogP contribution in [-0.2, 0) is 14.2 Å². The van der Waals surface area contributed by atoms with Crippen LogP contribution in [0.5, 0.6) is 11.5 Å². The number of ether oxygens (including phenoxy) is 5. The first kappa shape index (κ1) is 25.3. The monoisotopic (exact) mass is 589 g/mol. The Kier molecular flexibility index (Phi) is 6.66. The first-order valence-electron chi connectivity index (χ1n) is 10.7. The van der Waals surface area contributed by atoms with Crippen LogP contribution in [0.1, 0.15) is 0 Å². The number of methoxy groups -OCH3 is 2. The van der Waals surface area contributed by atoms with Crippen molar-refractivity contribution in [1.82, 2.24) is 9.97 Å². The van der Waals surface area contributed by atoms with Crippen molar-refractivity contribution in [2.45, 2.75) is 30.1 Å². The maximum absolute atomic E-state index is 13.8. The second-order valence-electron chi connectivity index (χ2n) is 8.27. The molecule has 13 heteroatoms. The van der Waals surface area contributed by atoms with Crippen LogP contribution in [0, 0.1) is 0 Å². The number of hydrogen-bond acceptors (Lipinski definition) is 8. The van der Waals surface area contributed by atoms with Crippen molar-refractivity contribution >= 4 is 49.9 Å². The van der Waals surface area contributed by atoms with Crippen molar-refractivity contribution < 1.29 is 36.9 Å². The molecule has 4 atom stereocenters. The minimum absolute atomic E-state index is 0.112. The summed E-state index contributed by atoms with van der Waals surface area (Å²) in [4.78, 5) is 8.63. The van der Waals surface area contributed by atoms with Gasteiger partial charge in [0, 0.05) is 28.7 Å². The SMILES string of the molecule is COc1cc2c(Nc3ccc(Br)c(Cl)c3)ncnc2cc1OC1CO[C@@H]2[C@H]1OC[C@@]2(OC)C(F)(F)F. The fraction of sp³-hybridized carbons (Fsp3) is 0.391. The number of benzene rings is 2. The van der Waals surface area contributed by atoms with E-state index < -0.39 is 36.7 Å². The summed E-state index contributed by atoms with van der Waals surface area (Å²) >= 11 is 9.55. The number of nitrogens with zero attached hydrogens (tertiary/aromatic N) is 2. The number of hydrogen-bond donors (Lipinski definition) is 1. The van der Waals surface area contributed by atoms with Crippen LogP contribution in [-0.4, -0.2) is 67.5 Å². The van der Waals surface area contributed by atoms with Gasteiger partial charge >= 0.3 is 6.18 Å². The fourth-order valence-electron chi connectivity index (χ4n) is 4.40. The number of anilines is 2. The van der Waals surface area contributed by atoms with Crippen molar-refractivity contribution in [3.8, 4) is 11.5 Å². The van der Waals surface area contributed by atoms with Gasteiger partial charge < -0.3 is 29.0 Å². The van der Waals surface area contributed by atoms with Crippen molar-refractivity contribution in [1.29, 1.82) is 0 Å². The van der Waals surface area contributed by atoms with Crippen molar-refractivity contribution in [2.75, 3.05) is 32.8 Å². The zero-order valence-electron chi connectivity index (χ0n) is 18.9. The molecular weight excluding hydrogens is 571 g/mol. The third-order valence-electron chi connectivity index (χ3n) is 6.28.